The minimum atomic E-state index is -0.462. The van der Waals surface area contributed by atoms with E-state index in [1.807, 2.05) is 37.5 Å². The molecule has 6 heteroatoms. The van der Waals surface area contributed by atoms with E-state index < -0.39 is 6.10 Å². The van der Waals surface area contributed by atoms with E-state index in [0.717, 1.165) is 37.4 Å². The van der Waals surface area contributed by atoms with Crippen molar-refractivity contribution >= 4 is 32.6 Å². The van der Waals surface area contributed by atoms with Crippen molar-refractivity contribution in [3.8, 4) is 11.3 Å². The fraction of sp³-hybridized carbons (Fsp3) is 0.188. The van der Waals surface area contributed by atoms with Crippen molar-refractivity contribution in [3.05, 3.63) is 41.5 Å². The Bertz CT molecular complexity index is 986. The molecule has 110 valence electrons. The van der Waals surface area contributed by atoms with E-state index in [2.05, 4.69) is 10.1 Å². The topological polar surface area (TPSA) is 63.8 Å². The second kappa shape index (κ2) is 4.86. The second-order valence-electron chi connectivity index (χ2n) is 5.36. The van der Waals surface area contributed by atoms with Gasteiger partial charge in [0.1, 0.15) is 4.83 Å². The molecule has 0 aliphatic carbocycles. The molecule has 0 aliphatic heterocycles. The molecule has 0 radical (unpaired) electrons. The number of aromatic nitrogens is 4. The summed E-state index contributed by atoms with van der Waals surface area (Å²) in [5, 5.41) is 16.0. The Labute approximate surface area is 130 Å². The Morgan fingerprint density at radius 3 is 2.91 bits per heavy atom. The third-order valence-corrected chi connectivity index (χ3v) is 4.80. The van der Waals surface area contributed by atoms with Crippen LogP contribution < -0.4 is 0 Å². The monoisotopic (exact) mass is 310 g/mol. The third kappa shape index (κ3) is 2.17. The first-order valence-electron chi connectivity index (χ1n) is 6.98. The van der Waals surface area contributed by atoms with Gasteiger partial charge in [0.15, 0.2) is 5.65 Å². The highest BCUT2D eigenvalue weighted by molar-refractivity contribution is 7.18. The van der Waals surface area contributed by atoms with Gasteiger partial charge in [0.05, 0.1) is 11.8 Å². The summed E-state index contributed by atoms with van der Waals surface area (Å²) in [5.41, 5.74) is 2.58. The number of pyridine rings is 2. The zero-order valence-corrected chi connectivity index (χ0v) is 13.0. The molecule has 4 aromatic rings. The van der Waals surface area contributed by atoms with Crippen LogP contribution in [0.1, 0.15) is 17.9 Å². The number of fused-ring (bicyclic) bond motifs is 2. The van der Waals surface area contributed by atoms with E-state index >= 15 is 0 Å². The molecule has 0 amide bonds. The van der Waals surface area contributed by atoms with Crippen LogP contribution in [-0.4, -0.2) is 24.9 Å². The third-order valence-electron chi connectivity index (χ3n) is 3.58. The predicted molar refractivity (Wildman–Crippen MR) is 87.8 cm³/mol. The predicted octanol–water partition coefficient (Wildman–Crippen LogP) is 3.30. The zero-order chi connectivity index (χ0) is 15.3. The summed E-state index contributed by atoms with van der Waals surface area (Å²) in [4.78, 5) is 10.9. The van der Waals surface area contributed by atoms with Crippen molar-refractivity contribution in [1.82, 2.24) is 19.7 Å². The van der Waals surface area contributed by atoms with Crippen LogP contribution >= 0.6 is 11.3 Å². The Balaban J connectivity index is 1.84. The first-order chi connectivity index (χ1) is 10.6. The Morgan fingerprint density at radius 1 is 1.23 bits per heavy atom. The van der Waals surface area contributed by atoms with Crippen molar-refractivity contribution in [2.75, 3.05) is 0 Å². The quantitative estimate of drug-likeness (QED) is 0.617. The molecule has 1 atom stereocenters. The highest BCUT2D eigenvalue weighted by atomic mass is 32.1. The minimum absolute atomic E-state index is 0.462. The summed E-state index contributed by atoms with van der Waals surface area (Å²) in [6.45, 7) is 1.77. The van der Waals surface area contributed by atoms with Gasteiger partial charge in [0.2, 0.25) is 0 Å². The summed E-state index contributed by atoms with van der Waals surface area (Å²) < 4.78 is 1.76. The smallest absolute Gasteiger partial charge is 0.181 e. The van der Waals surface area contributed by atoms with Crippen LogP contribution in [0.15, 0.2) is 36.7 Å². The van der Waals surface area contributed by atoms with Gasteiger partial charge < -0.3 is 5.11 Å². The zero-order valence-electron chi connectivity index (χ0n) is 12.2. The van der Waals surface area contributed by atoms with Crippen LogP contribution in [0.5, 0.6) is 0 Å². The summed E-state index contributed by atoms with van der Waals surface area (Å²) in [5.74, 6) is 0. The molecule has 4 heterocycles. The molecule has 4 rings (SSSR count). The van der Waals surface area contributed by atoms with Gasteiger partial charge in [0.25, 0.3) is 0 Å². The number of aryl methyl sites for hydroxylation is 1. The maximum Gasteiger partial charge on any atom is 0.181 e. The maximum absolute atomic E-state index is 9.70. The normalized spacial score (nSPS) is 13.0. The average molecular weight is 310 g/mol. The molecule has 0 aliphatic rings. The van der Waals surface area contributed by atoms with Gasteiger partial charge in [0, 0.05) is 40.7 Å². The fourth-order valence-corrected chi connectivity index (χ4v) is 3.45. The second-order valence-corrected chi connectivity index (χ2v) is 6.42. The maximum atomic E-state index is 9.70. The summed E-state index contributed by atoms with van der Waals surface area (Å²) in [6.07, 6.45) is 3.28. The molecule has 0 fully saturated rings. The fourth-order valence-electron chi connectivity index (χ4n) is 2.48. The van der Waals surface area contributed by atoms with Gasteiger partial charge in [-0.05, 0) is 31.2 Å². The molecule has 22 heavy (non-hydrogen) atoms. The molecule has 5 nitrogen and oxygen atoms in total. The van der Waals surface area contributed by atoms with E-state index in [4.69, 9.17) is 4.98 Å². The molecule has 0 saturated carbocycles. The van der Waals surface area contributed by atoms with Gasteiger partial charge in [-0.2, -0.15) is 5.10 Å². The van der Waals surface area contributed by atoms with Crippen molar-refractivity contribution < 1.29 is 5.11 Å². The van der Waals surface area contributed by atoms with Gasteiger partial charge in [-0.3, -0.25) is 4.68 Å². The molecule has 0 unspecified atom stereocenters. The number of nitrogens with zero attached hydrogens (tertiary/aromatic N) is 4. The van der Waals surface area contributed by atoms with E-state index in [0.29, 0.717) is 0 Å². The molecule has 0 spiro atoms. The number of thiophene rings is 1. The molecule has 4 aromatic heterocycles. The standard InChI is InChI=1S/C16H14N4OS/c1-9(21)14-6-10-3-4-13(18-16(10)22-14)11-5-12-8-20(2)19-15(12)17-7-11/h3-9,21H,1-2H3/t9-/m0/s1. The van der Waals surface area contributed by atoms with Crippen LogP contribution in [0, 0.1) is 0 Å². The lowest BCUT2D eigenvalue weighted by molar-refractivity contribution is 0.203. The van der Waals surface area contributed by atoms with E-state index in [1.165, 1.54) is 11.3 Å². The largest absolute Gasteiger partial charge is 0.388 e. The summed E-state index contributed by atoms with van der Waals surface area (Å²) in [7, 11) is 1.88. The lowest BCUT2D eigenvalue weighted by Crippen LogP contribution is -1.86. The molecule has 0 saturated heterocycles. The number of hydrogen-bond acceptors (Lipinski definition) is 5. The number of aliphatic hydroxyl groups is 1. The highest BCUT2D eigenvalue weighted by Gasteiger charge is 2.10. The van der Waals surface area contributed by atoms with E-state index in [1.54, 1.807) is 17.8 Å². The van der Waals surface area contributed by atoms with E-state index in [-0.39, 0.29) is 0 Å². The van der Waals surface area contributed by atoms with Gasteiger partial charge in [-0.15, -0.1) is 11.3 Å². The van der Waals surface area contributed by atoms with Crippen LogP contribution in [-0.2, 0) is 7.05 Å². The van der Waals surface area contributed by atoms with Crippen molar-refractivity contribution in [3.63, 3.8) is 0 Å². The van der Waals surface area contributed by atoms with Crippen LogP contribution in [0.3, 0.4) is 0 Å². The Morgan fingerprint density at radius 2 is 2.09 bits per heavy atom. The molecule has 1 N–H and O–H groups in total. The number of rotatable bonds is 2. The van der Waals surface area contributed by atoms with E-state index in [9.17, 15) is 5.11 Å². The van der Waals surface area contributed by atoms with Crippen molar-refractivity contribution in [2.45, 2.75) is 13.0 Å². The first kappa shape index (κ1) is 13.4. The summed E-state index contributed by atoms with van der Waals surface area (Å²) in [6, 6.07) is 8.06. The lowest BCUT2D eigenvalue weighted by Gasteiger charge is -2.00. The average Bonchev–Trinajstić information content (AvgIpc) is 3.07. The SMILES string of the molecule is C[C@H](O)c1cc2ccc(-c3cnc4nn(C)cc4c3)nc2s1. The molecular formula is C16H14N4OS. The highest BCUT2D eigenvalue weighted by Crippen LogP contribution is 2.31. The minimum Gasteiger partial charge on any atom is -0.388 e. The molecule has 0 bridgehead atoms. The van der Waals surface area contributed by atoms with Crippen LogP contribution in [0.4, 0.5) is 0 Å². The van der Waals surface area contributed by atoms with Gasteiger partial charge in [-0.1, -0.05) is 0 Å². The van der Waals surface area contributed by atoms with Crippen molar-refractivity contribution in [1.29, 1.82) is 0 Å². The molecular weight excluding hydrogens is 296 g/mol. The number of hydrogen-bond donors (Lipinski definition) is 1. The van der Waals surface area contributed by atoms with Gasteiger partial charge >= 0.3 is 0 Å². The molecule has 0 aromatic carbocycles. The van der Waals surface area contributed by atoms with Gasteiger partial charge in [-0.25, -0.2) is 9.97 Å². The lowest BCUT2D eigenvalue weighted by atomic mass is 10.1. The Hall–Kier alpha value is -2.31. The Kier molecular flexibility index (Phi) is 2.95. The first-order valence-corrected chi connectivity index (χ1v) is 7.80. The number of aliphatic hydroxyl groups excluding tert-OH is 1. The van der Waals surface area contributed by atoms with Crippen LogP contribution in [0.2, 0.25) is 0 Å². The van der Waals surface area contributed by atoms with Crippen molar-refractivity contribution in [2.24, 2.45) is 7.05 Å². The summed E-state index contributed by atoms with van der Waals surface area (Å²) >= 11 is 1.52. The van der Waals surface area contributed by atoms with Crippen LogP contribution in [0.25, 0.3) is 32.5 Å².